The van der Waals surface area contributed by atoms with Crippen molar-refractivity contribution < 1.29 is 14.0 Å². The van der Waals surface area contributed by atoms with E-state index in [1.165, 1.54) is 12.5 Å². The molecule has 1 aromatic carbocycles. The third kappa shape index (κ3) is 3.83. The molecule has 132 valence electrons. The standard InChI is InChI=1S/C19H29NO3Si/c1-19(2,3)24(6,7)23-15-9-10-16-14(8-11-18(21)22-5)13-20(4)17(16)12-15/h9-10,12-13H,8,11H2,1-7H3. The zero-order valence-electron chi connectivity index (χ0n) is 15.9. The summed E-state index contributed by atoms with van der Waals surface area (Å²) in [7, 11) is 1.61. The van der Waals surface area contributed by atoms with Crippen molar-refractivity contribution in [1.29, 1.82) is 0 Å². The number of hydrogen-bond acceptors (Lipinski definition) is 3. The van der Waals surface area contributed by atoms with Crippen molar-refractivity contribution in [3.63, 3.8) is 0 Å². The average molecular weight is 348 g/mol. The number of aryl methyl sites for hydroxylation is 2. The van der Waals surface area contributed by atoms with Crippen molar-refractivity contribution >= 4 is 25.2 Å². The van der Waals surface area contributed by atoms with Gasteiger partial charge >= 0.3 is 5.97 Å². The van der Waals surface area contributed by atoms with Gasteiger partial charge < -0.3 is 13.7 Å². The predicted octanol–water partition coefficient (Wildman–Crippen LogP) is 4.67. The lowest BCUT2D eigenvalue weighted by Gasteiger charge is -2.36. The fraction of sp³-hybridized carbons (Fsp3) is 0.526. The molecule has 0 unspecified atom stereocenters. The summed E-state index contributed by atoms with van der Waals surface area (Å²) < 4.78 is 13.2. The summed E-state index contributed by atoms with van der Waals surface area (Å²) in [6.45, 7) is 11.2. The summed E-state index contributed by atoms with van der Waals surface area (Å²) in [6.07, 6.45) is 3.17. The Balaban J connectivity index is 2.29. The molecule has 0 saturated carbocycles. The van der Waals surface area contributed by atoms with Gasteiger partial charge in [0.15, 0.2) is 0 Å². The van der Waals surface area contributed by atoms with Gasteiger partial charge in [-0.2, -0.15) is 0 Å². The number of methoxy groups -OCH3 is 1. The fourth-order valence-corrected chi connectivity index (χ4v) is 3.52. The van der Waals surface area contributed by atoms with E-state index in [4.69, 9.17) is 9.16 Å². The second-order valence-corrected chi connectivity index (χ2v) is 12.6. The molecule has 0 N–H and O–H groups in total. The average Bonchev–Trinajstić information content (AvgIpc) is 2.79. The van der Waals surface area contributed by atoms with Crippen LogP contribution in [0.5, 0.6) is 5.75 Å². The maximum atomic E-state index is 11.4. The molecule has 2 aromatic rings. The zero-order chi connectivity index (χ0) is 18.1. The van der Waals surface area contributed by atoms with Gasteiger partial charge in [-0.15, -0.1) is 0 Å². The quantitative estimate of drug-likeness (QED) is 0.583. The molecule has 0 aliphatic carbocycles. The van der Waals surface area contributed by atoms with Crippen LogP contribution in [0.3, 0.4) is 0 Å². The third-order valence-electron chi connectivity index (χ3n) is 5.05. The number of hydrogen-bond donors (Lipinski definition) is 0. The molecule has 2 rings (SSSR count). The molecular formula is C19H29NO3Si. The number of ether oxygens (including phenoxy) is 1. The number of carbonyl (C=O) groups excluding carboxylic acids is 1. The van der Waals surface area contributed by atoms with Gasteiger partial charge in [0.05, 0.1) is 12.6 Å². The van der Waals surface area contributed by atoms with Gasteiger partial charge in [-0.3, -0.25) is 4.79 Å². The monoisotopic (exact) mass is 347 g/mol. The number of nitrogens with zero attached hydrogens (tertiary/aromatic N) is 1. The second kappa shape index (κ2) is 6.63. The third-order valence-corrected chi connectivity index (χ3v) is 9.41. The van der Waals surface area contributed by atoms with Crippen LogP contribution in [0.4, 0.5) is 0 Å². The number of rotatable bonds is 5. The fourth-order valence-electron chi connectivity index (χ4n) is 2.50. The highest BCUT2D eigenvalue weighted by Crippen LogP contribution is 2.38. The Kier molecular flexibility index (Phi) is 5.13. The maximum Gasteiger partial charge on any atom is 0.305 e. The Hall–Kier alpha value is -1.75. The van der Waals surface area contributed by atoms with Crippen molar-refractivity contribution in [2.24, 2.45) is 7.05 Å². The lowest BCUT2D eigenvalue weighted by atomic mass is 10.1. The molecule has 0 aliphatic heterocycles. The Morgan fingerprint density at radius 3 is 2.50 bits per heavy atom. The van der Waals surface area contributed by atoms with Gasteiger partial charge in [0.25, 0.3) is 0 Å². The number of fused-ring (bicyclic) bond motifs is 1. The summed E-state index contributed by atoms with van der Waals surface area (Å²) in [5.41, 5.74) is 2.29. The first-order chi connectivity index (χ1) is 11.0. The number of esters is 1. The predicted molar refractivity (Wildman–Crippen MR) is 101 cm³/mol. The molecule has 0 aliphatic rings. The Morgan fingerprint density at radius 2 is 1.92 bits per heavy atom. The molecule has 5 heteroatoms. The molecule has 1 aromatic heterocycles. The van der Waals surface area contributed by atoms with Crippen LogP contribution in [0.15, 0.2) is 24.4 Å². The van der Waals surface area contributed by atoms with Crippen LogP contribution in [0, 0.1) is 0 Å². The first kappa shape index (κ1) is 18.6. The van der Waals surface area contributed by atoms with E-state index in [1.54, 1.807) is 0 Å². The van der Waals surface area contributed by atoms with Gasteiger partial charge in [0.1, 0.15) is 5.75 Å². The first-order valence-electron chi connectivity index (χ1n) is 8.39. The van der Waals surface area contributed by atoms with Crippen LogP contribution < -0.4 is 4.43 Å². The molecule has 0 saturated heterocycles. The highest BCUT2D eigenvalue weighted by Gasteiger charge is 2.39. The lowest BCUT2D eigenvalue weighted by Crippen LogP contribution is -2.43. The molecular weight excluding hydrogens is 318 g/mol. The SMILES string of the molecule is COC(=O)CCc1cn(C)c2cc(O[Si](C)(C)C(C)(C)C)ccc12. The second-order valence-electron chi connectivity index (χ2n) is 7.88. The van der Waals surface area contributed by atoms with Crippen LogP contribution in [-0.4, -0.2) is 26.0 Å². The number of benzene rings is 1. The minimum atomic E-state index is -1.85. The maximum absolute atomic E-state index is 11.4. The van der Waals surface area contributed by atoms with Crippen LogP contribution >= 0.6 is 0 Å². The summed E-state index contributed by atoms with van der Waals surface area (Å²) in [5.74, 6) is 0.750. The molecule has 1 heterocycles. The van der Waals surface area contributed by atoms with Crippen LogP contribution in [0.2, 0.25) is 18.1 Å². The van der Waals surface area contributed by atoms with E-state index in [0.717, 1.165) is 16.8 Å². The molecule has 24 heavy (non-hydrogen) atoms. The summed E-state index contributed by atoms with van der Waals surface area (Å²) >= 11 is 0. The van der Waals surface area contributed by atoms with Crippen molar-refractivity contribution in [1.82, 2.24) is 4.57 Å². The van der Waals surface area contributed by atoms with Crippen LogP contribution in [0.25, 0.3) is 10.9 Å². The van der Waals surface area contributed by atoms with E-state index < -0.39 is 8.32 Å². The zero-order valence-corrected chi connectivity index (χ0v) is 16.9. The van der Waals surface area contributed by atoms with Crippen molar-refractivity contribution in [3.8, 4) is 5.75 Å². The summed E-state index contributed by atoms with van der Waals surface area (Å²) in [4.78, 5) is 11.4. The minimum Gasteiger partial charge on any atom is -0.543 e. The van der Waals surface area contributed by atoms with Crippen molar-refractivity contribution in [2.45, 2.75) is 51.7 Å². The largest absolute Gasteiger partial charge is 0.543 e. The van der Waals surface area contributed by atoms with E-state index in [9.17, 15) is 4.79 Å². The Labute approximate surface area is 145 Å². The molecule has 0 fully saturated rings. The molecule has 0 spiro atoms. The Bertz CT molecular complexity index is 741. The molecule has 0 amide bonds. The lowest BCUT2D eigenvalue weighted by molar-refractivity contribution is -0.140. The minimum absolute atomic E-state index is 0.168. The smallest absolute Gasteiger partial charge is 0.305 e. The van der Waals surface area contributed by atoms with E-state index in [1.807, 2.05) is 13.1 Å². The van der Waals surface area contributed by atoms with E-state index in [2.05, 4.69) is 56.8 Å². The molecule has 0 atom stereocenters. The van der Waals surface area contributed by atoms with Gasteiger partial charge in [0.2, 0.25) is 8.32 Å². The van der Waals surface area contributed by atoms with E-state index >= 15 is 0 Å². The highest BCUT2D eigenvalue weighted by molar-refractivity contribution is 6.74. The number of aromatic nitrogens is 1. The van der Waals surface area contributed by atoms with E-state index in [0.29, 0.717) is 12.8 Å². The first-order valence-corrected chi connectivity index (χ1v) is 11.3. The van der Waals surface area contributed by atoms with Crippen molar-refractivity contribution in [3.05, 3.63) is 30.0 Å². The topological polar surface area (TPSA) is 40.5 Å². The van der Waals surface area contributed by atoms with Crippen LogP contribution in [-0.2, 0) is 23.0 Å². The molecule has 0 bridgehead atoms. The van der Waals surface area contributed by atoms with Gasteiger partial charge in [-0.1, -0.05) is 20.8 Å². The Morgan fingerprint density at radius 1 is 1.25 bits per heavy atom. The normalized spacial score (nSPS) is 12.5. The van der Waals surface area contributed by atoms with E-state index in [-0.39, 0.29) is 11.0 Å². The number of carbonyl (C=O) groups is 1. The van der Waals surface area contributed by atoms with Gasteiger partial charge in [-0.05, 0) is 42.2 Å². The summed E-state index contributed by atoms with van der Waals surface area (Å²) in [5, 5.41) is 1.34. The van der Waals surface area contributed by atoms with Gasteiger partial charge in [0, 0.05) is 31.1 Å². The molecule has 4 nitrogen and oxygen atoms in total. The summed E-state index contributed by atoms with van der Waals surface area (Å²) in [6, 6.07) is 6.26. The van der Waals surface area contributed by atoms with Crippen LogP contribution in [0.1, 0.15) is 32.8 Å². The van der Waals surface area contributed by atoms with Crippen molar-refractivity contribution in [2.75, 3.05) is 7.11 Å². The molecule has 0 radical (unpaired) electrons. The highest BCUT2D eigenvalue weighted by atomic mass is 28.4. The van der Waals surface area contributed by atoms with Gasteiger partial charge in [-0.25, -0.2) is 0 Å².